The van der Waals surface area contributed by atoms with Crippen LogP contribution in [0, 0.1) is 6.92 Å². The van der Waals surface area contributed by atoms with Gasteiger partial charge in [0, 0.05) is 24.1 Å². The van der Waals surface area contributed by atoms with Crippen LogP contribution in [0.5, 0.6) is 0 Å². The molecule has 0 aromatic carbocycles. The lowest BCUT2D eigenvalue weighted by Crippen LogP contribution is -2.30. The van der Waals surface area contributed by atoms with Crippen LogP contribution < -0.4 is 4.90 Å². The van der Waals surface area contributed by atoms with Crippen molar-refractivity contribution >= 4 is 39.0 Å². The molecule has 6 heteroatoms. The summed E-state index contributed by atoms with van der Waals surface area (Å²) in [7, 11) is 0. The smallest absolute Gasteiger partial charge is 0.225 e. The van der Waals surface area contributed by atoms with E-state index in [0.29, 0.717) is 11.3 Å². The fourth-order valence-corrected chi connectivity index (χ4v) is 4.05. The monoisotopic (exact) mass is 311 g/mol. The highest BCUT2D eigenvalue weighted by Crippen LogP contribution is 2.35. The van der Waals surface area contributed by atoms with E-state index >= 15 is 0 Å². The Balaban J connectivity index is 1.99. The van der Waals surface area contributed by atoms with Crippen LogP contribution in [0.4, 0.5) is 5.82 Å². The Bertz CT molecular complexity index is 616. The molecule has 4 nitrogen and oxygen atoms in total. The Kier molecular flexibility index (Phi) is 4.10. The SMILES string of the molecule is Cc1cc2c(N3CCCC3CCCO)nc(Cl)nc2s1. The van der Waals surface area contributed by atoms with Crippen LogP contribution in [0.25, 0.3) is 10.2 Å². The van der Waals surface area contributed by atoms with Gasteiger partial charge in [-0.05, 0) is 50.3 Å². The molecule has 3 rings (SSSR count). The Morgan fingerprint density at radius 1 is 1.50 bits per heavy atom. The van der Waals surface area contributed by atoms with Gasteiger partial charge in [-0.25, -0.2) is 4.98 Å². The van der Waals surface area contributed by atoms with Crippen molar-refractivity contribution in [2.24, 2.45) is 0 Å². The molecule has 0 aliphatic carbocycles. The van der Waals surface area contributed by atoms with Crippen molar-refractivity contribution in [3.63, 3.8) is 0 Å². The summed E-state index contributed by atoms with van der Waals surface area (Å²) in [5, 5.41) is 10.5. The average molecular weight is 312 g/mol. The first-order chi connectivity index (χ1) is 9.69. The quantitative estimate of drug-likeness (QED) is 0.879. The van der Waals surface area contributed by atoms with Gasteiger partial charge in [-0.3, -0.25) is 0 Å². The summed E-state index contributed by atoms with van der Waals surface area (Å²) in [6, 6.07) is 2.60. The number of anilines is 1. The van der Waals surface area contributed by atoms with E-state index in [4.69, 9.17) is 16.7 Å². The number of hydrogen-bond donors (Lipinski definition) is 1. The van der Waals surface area contributed by atoms with Gasteiger partial charge in [-0.2, -0.15) is 4.98 Å². The normalized spacial score (nSPS) is 19.1. The predicted octanol–water partition coefficient (Wildman–Crippen LogP) is 3.39. The second-order valence-corrected chi connectivity index (χ2v) is 6.82. The third-order valence-corrected chi connectivity index (χ3v) is 4.93. The minimum atomic E-state index is 0.252. The van der Waals surface area contributed by atoms with E-state index < -0.39 is 0 Å². The maximum absolute atomic E-state index is 9.04. The van der Waals surface area contributed by atoms with Crippen LogP contribution in [0.15, 0.2) is 6.07 Å². The number of aliphatic hydroxyl groups excluding tert-OH is 1. The standard InChI is InChI=1S/C14H18ClN3OS/c1-9-8-11-12(16-14(15)17-13(11)20-9)18-6-2-4-10(18)5-3-7-19/h8,10,19H,2-7H2,1H3. The highest BCUT2D eigenvalue weighted by Gasteiger charge is 2.27. The van der Waals surface area contributed by atoms with Crippen molar-refractivity contribution in [1.29, 1.82) is 0 Å². The summed E-state index contributed by atoms with van der Waals surface area (Å²) in [5.74, 6) is 0.963. The molecule has 1 atom stereocenters. The maximum atomic E-state index is 9.04. The number of aryl methyl sites for hydroxylation is 1. The van der Waals surface area contributed by atoms with Gasteiger partial charge < -0.3 is 10.0 Å². The summed E-state index contributed by atoms with van der Waals surface area (Å²) >= 11 is 7.74. The Hall–Kier alpha value is -0.910. The lowest BCUT2D eigenvalue weighted by Gasteiger charge is -2.26. The second-order valence-electron chi connectivity index (χ2n) is 5.25. The minimum Gasteiger partial charge on any atom is -0.396 e. The van der Waals surface area contributed by atoms with E-state index in [2.05, 4.69) is 27.9 Å². The van der Waals surface area contributed by atoms with Crippen molar-refractivity contribution in [3.8, 4) is 0 Å². The molecule has 2 aromatic heterocycles. The van der Waals surface area contributed by atoms with Gasteiger partial charge in [0.1, 0.15) is 10.6 Å². The summed E-state index contributed by atoms with van der Waals surface area (Å²) in [5.41, 5.74) is 0. The first-order valence-electron chi connectivity index (χ1n) is 7.00. The number of nitrogens with zero attached hydrogens (tertiary/aromatic N) is 3. The zero-order valence-electron chi connectivity index (χ0n) is 11.5. The molecule has 0 radical (unpaired) electrons. The van der Waals surface area contributed by atoms with E-state index in [1.54, 1.807) is 11.3 Å². The number of aliphatic hydroxyl groups is 1. The molecule has 0 amide bonds. The van der Waals surface area contributed by atoms with E-state index in [1.165, 1.54) is 11.3 Å². The van der Waals surface area contributed by atoms with Gasteiger partial charge in [0.15, 0.2) is 0 Å². The first kappa shape index (κ1) is 14.0. The molecule has 0 saturated carbocycles. The maximum Gasteiger partial charge on any atom is 0.225 e. The molecule has 1 fully saturated rings. The van der Waals surface area contributed by atoms with Crippen LogP contribution in [0.3, 0.4) is 0 Å². The minimum absolute atomic E-state index is 0.252. The summed E-state index contributed by atoms with van der Waals surface area (Å²) in [4.78, 5) is 13.3. The number of rotatable bonds is 4. The molecule has 1 aliphatic heterocycles. The van der Waals surface area contributed by atoms with Crippen LogP contribution in [-0.2, 0) is 0 Å². The molecule has 1 unspecified atom stereocenters. The molecule has 3 heterocycles. The van der Waals surface area contributed by atoms with Crippen LogP contribution in [0.2, 0.25) is 5.28 Å². The molecule has 0 bridgehead atoms. The number of thiophene rings is 1. The largest absolute Gasteiger partial charge is 0.396 e. The molecule has 1 saturated heterocycles. The molecule has 2 aromatic rings. The first-order valence-corrected chi connectivity index (χ1v) is 8.19. The van der Waals surface area contributed by atoms with Gasteiger partial charge in [0.2, 0.25) is 5.28 Å². The van der Waals surface area contributed by atoms with Gasteiger partial charge in [-0.1, -0.05) is 0 Å². The van der Waals surface area contributed by atoms with Crippen LogP contribution in [-0.4, -0.2) is 34.3 Å². The van der Waals surface area contributed by atoms with Gasteiger partial charge in [0.05, 0.1) is 5.39 Å². The predicted molar refractivity (Wildman–Crippen MR) is 83.8 cm³/mol. The van der Waals surface area contributed by atoms with E-state index in [1.807, 2.05) is 0 Å². The third-order valence-electron chi connectivity index (χ3n) is 3.81. The third kappa shape index (κ3) is 2.62. The van der Waals surface area contributed by atoms with Crippen molar-refractivity contribution in [3.05, 3.63) is 16.2 Å². The second kappa shape index (κ2) is 5.84. The molecule has 20 heavy (non-hydrogen) atoms. The zero-order valence-corrected chi connectivity index (χ0v) is 13.0. The molecule has 0 spiro atoms. The number of aromatic nitrogens is 2. The fourth-order valence-electron chi connectivity index (χ4n) is 2.96. The highest BCUT2D eigenvalue weighted by molar-refractivity contribution is 7.18. The number of fused-ring (bicyclic) bond motifs is 1. The topological polar surface area (TPSA) is 49.2 Å². The average Bonchev–Trinajstić information content (AvgIpc) is 3.00. The van der Waals surface area contributed by atoms with Crippen molar-refractivity contribution < 1.29 is 5.11 Å². The summed E-state index contributed by atoms with van der Waals surface area (Å²) in [6.07, 6.45) is 4.17. The Morgan fingerprint density at radius 2 is 2.35 bits per heavy atom. The molecule has 1 N–H and O–H groups in total. The van der Waals surface area contributed by atoms with E-state index in [0.717, 1.165) is 41.8 Å². The molecule has 108 valence electrons. The number of halogens is 1. The zero-order chi connectivity index (χ0) is 14.1. The van der Waals surface area contributed by atoms with Gasteiger partial charge >= 0.3 is 0 Å². The summed E-state index contributed by atoms with van der Waals surface area (Å²) < 4.78 is 0. The van der Waals surface area contributed by atoms with Crippen molar-refractivity contribution in [1.82, 2.24) is 9.97 Å². The molecular formula is C14H18ClN3OS. The fraction of sp³-hybridized carbons (Fsp3) is 0.571. The van der Waals surface area contributed by atoms with E-state index in [9.17, 15) is 0 Å². The Labute approximate surface area is 127 Å². The molecule has 1 aliphatic rings. The van der Waals surface area contributed by atoms with E-state index in [-0.39, 0.29) is 6.61 Å². The van der Waals surface area contributed by atoms with Crippen molar-refractivity contribution in [2.75, 3.05) is 18.1 Å². The molecular weight excluding hydrogens is 294 g/mol. The van der Waals surface area contributed by atoms with Crippen LogP contribution in [0.1, 0.15) is 30.6 Å². The van der Waals surface area contributed by atoms with Gasteiger partial charge in [0.25, 0.3) is 0 Å². The lowest BCUT2D eigenvalue weighted by atomic mass is 10.1. The lowest BCUT2D eigenvalue weighted by molar-refractivity contribution is 0.279. The van der Waals surface area contributed by atoms with Gasteiger partial charge in [-0.15, -0.1) is 11.3 Å². The summed E-state index contributed by atoms with van der Waals surface area (Å²) in [6.45, 7) is 3.34. The van der Waals surface area contributed by atoms with Crippen molar-refractivity contribution in [2.45, 2.75) is 38.6 Å². The highest BCUT2D eigenvalue weighted by atomic mass is 35.5. The van der Waals surface area contributed by atoms with Crippen LogP contribution >= 0.6 is 22.9 Å². The Morgan fingerprint density at radius 3 is 3.15 bits per heavy atom. The number of hydrogen-bond acceptors (Lipinski definition) is 5.